The molecule has 0 fully saturated rings. The van der Waals surface area contributed by atoms with Crippen LogP contribution in [-0.4, -0.2) is 17.4 Å². The molecule has 1 aromatic rings. The molecule has 1 aromatic heterocycles. The highest BCUT2D eigenvalue weighted by atomic mass is 16.1. The van der Waals surface area contributed by atoms with Gasteiger partial charge >= 0.3 is 0 Å². The third-order valence-corrected chi connectivity index (χ3v) is 2.67. The molecule has 4 heteroatoms. The fourth-order valence-electron chi connectivity index (χ4n) is 1.52. The van der Waals surface area contributed by atoms with E-state index in [0.717, 1.165) is 11.3 Å². The van der Waals surface area contributed by atoms with E-state index in [1.807, 2.05) is 20.8 Å². The number of carbonyl (C=O) groups excluding carboxylic acids is 1. The molecule has 0 aliphatic rings. The molecular formula is C12H19N3O. The molecule has 1 heterocycles. The Morgan fingerprint density at radius 3 is 2.75 bits per heavy atom. The van der Waals surface area contributed by atoms with Crippen molar-refractivity contribution in [2.24, 2.45) is 17.6 Å². The molecule has 0 aliphatic heterocycles. The summed E-state index contributed by atoms with van der Waals surface area (Å²) in [5.74, 6) is 0.0755. The molecule has 0 saturated carbocycles. The Bertz CT molecular complexity index is 363. The monoisotopic (exact) mass is 221 g/mol. The van der Waals surface area contributed by atoms with Gasteiger partial charge in [0.1, 0.15) is 0 Å². The molecule has 0 aliphatic carbocycles. The molecule has 1 rings (SSSR count). The minimum atomic E-state index is -0.146. The minimum absolute atomic E-state index is 0.0215. The molecule has 0 bridgehead atoms. The molecule has 3 N–H and O–H groups in total. The zero-order chi connectivity index (χ0) is 12.1. The zero-order valence-corrected chi connectivity index (χ0v) is 10.0. The Morgan fingerprint density at radius 2 is 2.25 bits per heavy atom. The Labute approximate surface area is 96.3 Å². The van der Waals surface area contributed by atoms with Crippen molar-refractivity contribution < 1.29 is 4.79 Å². The van der Waals surface area contributed by atoms with Gasteiger partial charge in [-0.2, -0.15) is 0 Å². The van der Waals surface area contributed by atoms with Crippen molar-refractivity contribution >= 4 is 11.6 Å². The normalized spacial score (nSPS) is 12.6. The summed E-state index contributed by atoms with van der Waals surface area (Å²) in [5.41, 5.74) is 7.35. The van der Waals surface area contributed by atoms with E-state index in [1.165, 1.54) is 0 Å². The number of hydrogen-bond acceptors (Lipinski definition) is 3. The molecule has 0 radical (unpaired) electrons. The summed E-state index contributed by atoms with van der Waals surface area (Å²) in [5, 5.41) is 2.88. The second kappa shape index (κ2) is 5.61. The predicted octanol–water partition coefficient (Wildman–Crippen LogP) is 1.56. The van der Waals surface area contributed by atoms with E-state index in [-0.39, 0.29) is 17.7 Å². The number of amides is 1. The van der Waals surface area contributed by atoms with Crippen LogP contribution in [0.5, 0.6) is 0 Å². The van der Waals surface area contributed by atoms with E-state index >= 15 is 0 Å². The van der Waals surface area contributed by atoms with Crippen LogP contribution in [0.25, 0.3) is 0 Å². The number of rotatable bonds is 4. The van der Waals surface area contributed by atoms with E-state index in [0.29, 0.717) is 6.54 Å². The molecule has 0 saturated heterocycles. The highest BCUT2D eigenvalue weighted by Gasteiger charge is 2.20. The van der Waals surface area contributed by atoms with Gasteiger partial charge in [-0.05, 0) is 24.5 Å². The van der Waals surface area contributed by atoms with Crippen LogP contribution in [0.2, 0.25) is 0 Å². The van der Waals surface area contributed by atoms with Crippen molar-refractivity contribution in [3.8, 4) is 0 Å². The summed E-state index contributed by atoms with van der Waals surface area (Å²) in [4.78, 5) is 15.9. The first kappa shape index (κ1) is 12.6. The summed E-state index contributed by atoms with van der Waals surface area (Å²) < 4.78 is 0. The topological polar surface area (TPSA) is 68.0 Å². The van der Waals surface area contributed by atoms with Gasteiger partial charge in [0.25, 0.3) is 0 Å². The average Bonchev–Trinajstić information content (AvgIpc) is 2.22. The fourth-order valence-corrected chi connectivity index (χ4v) is 1.52. The van der Waals surface area contributed by atoms with Crippen LogP contribution < -0.4 is 11.1 Å². The van der Waals surface area contributed by atoms with Gasteiger partial charge in [0.2, 0.25) is 5.91 Å². The second-order valence-electron chi connectivity index (χ2n) is 4.27. The SMILES string of the molecule is Cc1cnccc1NC(=O)C(CN)C(C)C. The predicted molar refractivity (Wildman–Crippen MR) is 65.0 cm³/mol. The molecule has 1 unspecified atom stereocenters. The zero-order valence-electron chi connectivity index (χ0n) is 10.0. The maximum Gasteiger partial charge on any atom is 0.229 e. The van der Waals surface area contributed by atoms with E-state index in [2.05, 4.69) is 10.3 Å². The third-order valence-electron chi connectivity index (χ3n) is 2.67. The van der Waals surface area contributed by atoms with Crippen LogP contribution in [0.3, 0.4) is 0 Å². The van der Waals surface area contributed by atoms with Crippen LogP contribution in [0.4, 0.5) is 5.69 Å². The van der Waals surface area contributed by atoms with E-state index in [4.69, 9.17) is 5.73 Å². The molecule has 1 atom stereocenters. The van der Waals surface area contributed by atoms with Gasteiger partial charge in [-0.1, -0.05) is 13.8 Å². The number of nitrogens with two attached hydrogens (primary N) is 1. The Kier molecular flexibility index (Phi) is 4.43. The van der Waals surface area contributed by atoms with Gasteiger partial charge < -0.3 is 11.1 Å². The number of aromatic nitrogens is 1. The lowest BCUT2D eigenvalue weighted by Gasteiger charge is -2.18. The maximum atomic E-state index is 11.9. The van der Waals surface area contributed by atoms with Crippen LogP contribution in [0, 0.1) is 18.8 Å². The van der Waals surface area contributed by atoms with Crippen LogP contribution in [0.1, 0.15) is 19.4 Å². The van der Waals surface area contributed by atoms with E-state index in [1.54, 1.807) is 18.5 Å². The molecule has 0 aromatic carbocycles. The maximum absolute atomic E-state index is 11.9. The first-order valence-electron chi connectivity index (χ1n) is 5.47. The number of hydrogen-bond donors (Lipinski definition) is 2. The molecule has 4 nitrogen and oxygen atoms in total. The quantitative estimate of drug-likeness (QED) is 0.810. The highest BCUT2D eigenvalue weighted by molar-refractivity contribution is 5.93. The lowest BCUT2D eigenvalue weighted by Crippen LogP contribution is -2.33. The fraction of sp³-hybridized carbons (Fsp3) is 0.500. The van der Waals surface area contributed by atoms with Gasteiger partial charge in [0.05, 0.1) is 5.92 Å². The smallest absolute Gasteiger partial charge is 0.229 e. The Balaban J connectivity index is 2.74. The third kappa shape index (κ3) is 3.03. The standard InChI is InChI=1S/C12H19N3O/c1-8(2)10(6-13)12(16)15-11-4-5-14-7-9(11)3/h4-5,7-8,10H,6,13H2,1-3H3,(H,14,15,16). The van der Waals surface area contributed by atoms with Crippen LogP contribution in [0.15, 0.2) is 18.5 Å². The summed E-state index contributed by atoms with van der Waals surface area (Å²) in [7, 11) is 0. The molecule has 16 heavy (non-hydrogen) atoms. The number of pyridine rings is 1. The number of nitrogens with one attached hydrogen (secondary N) is 1. The van der Waals surface area contributed by atoms with Gasteiger partial charge in [-0.15, -0.1) is 0 Å². The Hall–Kier alpha value is -1.42. The second-order valence-corrected chi connectivity index (χ2v) is 4.27. The van der Waals surface area contributed by atoms with Crippen molar-refractivity contribution in [2.45, 2.75) is 20.8 Å². The average molecular weight is 221 g/mol. The number of carbonyl (C=O) groups is 1. The number of anilines is 1. The molecule has 1 amide bonds. The lowest BCUT2D eigenvalue weighted by molar-refractivity contribution is -0.120. The van der Waals surface area contributed by atoms with Crippen molar-refractivity contribution in [1.82, 2.24) is 4.98 Å². The van der Waals surface area contributed by atoms with Crippen molar-refractivity contribution in [1.29, 1.82) is 0 Å². The van der Waals surface area contributed by atoms with Gasteiger partial charge in [0, 0.05) is 24.6 Å². The molecular weight excluding hydrogens is 202 g/mol. The highest BCUT2D eigenvalue weighted by Crippen LogP contribution is 2.16. The van der Waals surface area contributed by atoms with Crippen molar-refractivity contribution in [2.75, 3.05) is 11.9 Å². The summed E-state index contributed by atoms with van der Waals surface area (Å²) >= 11 is 0. The lowest BCUT2D eigenvalue weighted by atomic mass is 9.95. The first-order chi connectivity index (χ1) is 7.56. The van der Waals surface area contributed by atoms with E-state index < -0.39 is 0 Å². The van der Waals surface area contributed by atoms with Gasteiger partial charge in [0.15, 0.2) is 0 Å². The van der Waals surface area contributed by atoms with E-state index in [9.17, 15) is 4.79 Å². The summed E-state index contributed by atoms with van der Waals surface area (Å²) in [6.45, 7) is 6.27. The summed E-state index contributed by atoms with van der Waals surface area (Å²) in [6, 6.07) is 1.79. The van der Waals surface area contributed by atoms with Crippen LogP contribution >= 0.6 is 0 Å². The van der Waals surface area contributed by atoms with Crippen LogP contribution in [-0.2, 0) is 4.79 Å². The number of nitrogens with zero attached hydrogens (tertiary/aromatic N) is 1. The van der Waals surface area contributed by atoms with Gasteiger partial charge in [-0.3, -0.25) is 9.78 Å². The molecule has 0 spiro atoms. The molecule has 88 valence electrons. The first-order valence-corrected chi connectivity index (χ1v) is 5.47. The van der Waals surface area contributed by atoms with Crippen molar-refractivity contribution in [3.63, 3.8) is 0 Å². The largest absolute Gasteiger partial charge is 0.330 e. The van der Waals surface area contributed by atoms with Crippen molar-refractivity contribution in [3.05, 3.63) is 24.0 Å². The Morgan fingerprint density at radius 1 is 1.56 bits per heavy atom. The number of aryl methyl sites for hydroxylation is 1. The van der Waals surface area contributed by atoms with Gasteiger partial charge in [-0.25, -0.2) is 0 Å². The minimum Gasteiger partial charge on any atom is -0.330 e. The summed E-state index contributed by atoms with van der Waals surface area (Å²) in [6.07, 6.45) is 3.39.